The number of hydrogen-bond acceptors (Lipinski definition) is 1. The van der Waals surface area contributed by atoms with Crippen LogP contribution in [0.5, 0.6) is 0 Å². The molecule has 0 amide bonds. The summed E-state index contributed by atoms with van der Waals surface area (Å²) < 4.78 is 0. The highest BCUT2D eigenvalue weighted by Crippen LogP contribution is 2.23. The van der Waals surface area contributed by atoms with Gasteiger partial charge in [-0.2, -0.15) is 0 Å². The van der Waals surface area contributed by atoms with Gasteiger partial charge in [0.15, 0.2) is 5.78 Å². The van der Waals surface area contributed by atoms with Gasteiger partial charge in [0.05, 0.1) is 0 Å². The summed E-state index contributed by atoms with van der Waals surface area (Å²) in [5.41, 5.74) is 2.23. The Labute approximate surface area is 131 Å². The summed E-state index contributed by atoms with van der Waals surface area (Å²) in [6, 6.07) is 8.16. The van der Waals surface area contributed by atoms with Crippen molar-refractivity contribution < 1.29 is 4.79 Å². The lowest BCUT2D eigenvalue weighted by Gasteiger charge is -2.19. The van der Waals surface area contributed by atoms with E-state index < -0.39 is 0 Å². The lowest BCUT2D eigenvalue weighted by atomic mass is 9.85. The fourth-order valence-electron chi connectivity index (χ4n) is 2.55. The number of rotatable bonds is 9. The predicted octanol–water partition coefficient (Wildman–Crippen LogP) is 6.31. The van der Waals surface area contributed by atoms with Crippen LogP contribution in [-0.2, 0) is 5.41 Å². The van der Waals surface area contributed by atoms with Gasteiger partial charge < -0.3 is 0 Å². The number of unbranched alkanes of at least 4 members (excludes halogenated alkanes) is 6. The summed E-state index contributed by atoms with van der Waals surface area (Å²) in [5.74, 6) is 0.301. The highest BCUT2D eigenvalue weighted by molar-refractivity contribution is 5.96. The number of carbonyl (C=O) groups is 1. The summed E-state index contributed by atoms with van der Waals surface area (Å²) in [6.07, 6.45) is 9.50. The summed E-state index contributed by atoms with van der Waals surface area (Å²) in [6.45, 7) is 8.80. The van der Waals surface area contributed by atoms with Crippen molar-refractivity contribution in [2.45, 2.75) is 84.5 Å². The Kier molecular flexibility index (Phi) is 7.71. The van der Waals surface area contributed by atoms with Crippen LogP contribution in [0.3, 0.4) is 0 Å². The van der Waals surface area contributed by atoms with Crippen LogP contribution in [0, 0.1) is 0 Å². The lowest BCUT2D eigenvalue weighted by Crippen LogP contribution is -2.12. The number of benzene rings is 1. The Morgan fingerprint density at radius 2 is 1.57 bits per heavy atom. The Morgan fingerprint density at radius 3 is 2.19 bits per heavy atom. The number of ketones is 1. The monoisotopic (exact) mass is 288 g/mol. The largest absolute Gasteiger partial charge is 0.294 e. The van der Waals surface area contributed by atoms with Gasteiger partial charge in [-0.15, -0.1) is 0 Å². The normalized spacial score (nSPS) is 11.6. The second-order valence-electron chi connectivity index (χ2n) is 7.13. The van der Waals surface area contributed by atoms with Gasteiger partial charge in [0, 0.05) is 12.0 Å². The molecule has 0 N–H and O–H groups in total. The van der Waals surface area contributed by atoms with Crippen molar-refractivity contribution in [3.05, 3.63) is 35.4 Å². The minimum absolute atomic E-state index is 0.107. The van der Waals surface area contributed by atoms with Gasteiger partial charge in [0.1, 0.15) is 0 Å². The van der Waals surface area contributed by atoms with Crippen molar-refractivity contribution in [1.29, 1.82) is 0 Å². The lowest BCUT2D eigenvalue weighted by molar-refractivity contribution is 0.0979. The highest BCUT2D eigenvalue weighted by Gasteiger charge is 2.15. The van der Waals surface area contributed by atoms with E-state index >= 15 is 0 Å². The zero-order valence-corrected chi connectivity index (χ0v) is 14.4. The maximum atomic E-state index is 12.3. The molecule has 0 aliphatic carbocycles. The molecule has 0 saturated carbocycles. The Bertz CT molecular complexity index is 426. The van der Waals surface area contributed by atoms with Crippen LogP contribution in [0.15, 0.2) is 24.3 Å². The molecule has 1 heteroatoms. The maximum Gasteiger partial charge on any atom is 0.162 e. The first-order valence-electron chi connectivity index (χ1n) is 8.59. The number of hydrogen-bond donors (Lipinski definition) is 0. The Balaban J connectivity index is 2.36. The molecule has 0 bridgehead atoms. The highest BCUT2D eigenvalue weighted by atomic mass is 16.1. The van der Waals surface area contributed by atoms with Crippen LogP contribution in [0.2, 0.25) is 0 Å². The maximum absolute atomic E-state index is 12.3. The molecule has 0 aliphatic heterocycles. The van der Waals surface area contributed by atoms with Gasteiger partial charge in [-0.3, -0.25) is 4.79 Å². The van der Waals surface area contributed by atoms with E-state index in [2.05, 4.69) is 39.8 Å². The van der Waals surface area contributed by atoms with Crippen LogP contribution >= 0.6 is 0 Å². The Morgan fingerprint density at radius 1 is 0.952 bits per heavy atom. The van der Waals surface area contributed by atoms with Crippen LogP contribution < -0.4 is 0 Å². The summed E-state index contributed by atoms with van der Waals surface area (Å²) in [7, 11) is 0. The van der Waals surface area contributed by atoms with E-state index in [9.17, 15) is 4.79 Å². The smallest absolute Gasteiger partial charge is 0.162 e. The third-order valence-electron chi connectivity index (χ3n) is 4.06. The fraction of sp³-hybridized carbons (Fsp3) is 0.650. The van der Waals surface area contributed by atoms with Gasteiger partial charge in [-0.1, -0.05) is 84.4 Å². The molecule has 1 aromatic carbocycles. The quantitative estimate of drug-likeness (QED) is 0.384. The molecule has 0 atom stereocenters. The third-order valence-corrected chi connectivity index (χ3v) is 4.06. The molecular formula is C20H32O. The molecule has 0 saturated heterocycles. The van der Waals surface area contributed by atoms with Crippen molar-refractivity contribution in [2.75, 3.05) is 0 Å². The average molecular weight is 288 g/mol. The number of carbonyl (C=O) groups excluding carboxylic acids is 1. The summed E-state index contributed by atoms with van der Waals surface area (Å²) in [4.78, 5) is 12.3. The predicted molar refractivity (Wildman–Crippen MR) is 92.1 cm³/mol. The van der Waals surface area contributed by atoms with E-state index in [4.69, 9.17) is 0 Å². The second-order valence-corrected chi connectivity index (χ2v) is 7.13. The minimum atomic E-state index is 0.107. The van der Waals surface area contributed by atoms with Gasteiger partial charge in [0.2, 0.25) is 0 Å². The molecule has 0 unspecified atom stereocenters. The summed E-state index contributed by atoms with van der Waals surface area (Å²) >= 11 is 0. The van der Waals surface area contributed by atoms with Gasteiger partial charge in [0.25, 0.3) is 0 Å². The zero-order chi connectivity index (χ0) is 15.7. The molecule has 0 aromatic heterocycles. The topological polar surface area (TPSA) is 17.1 Å². The van der Waals surface area contributed by atoms with E-state index in [0.717, 1.165) is 12.0 Å². The van der Waals surface area contributed by atoms with Gasteiger partial charge in [-0.25, -0.2) is 0 Å². The standard InChI is InChI=1S/C20H32O/c1-5-6-7-8-9-10-11-15-19(21)17-13-12-14-18(16-17)20(2,3)4/h12-14,16H,5-11,15H2,1-4H3. The van der Waals surface area contributed by atoms with Crippen molar-refractivity contribution in [1.82, 2.24) is 0 Å². The number of Topliss-reactive ketones (excluding diaryl/α,β-unsaturated/α-hetero) is 1. The van der Waals surface area contributed by atoms with Crippen LogP contribution in [-0.4, -0.2) is 5.78 Å². The van der Waals surface area contributed by atoms with Crippen LogP contribution in [0.25, 0.3) is 0 Å². The van der Waals surface area contributed by atoms with E-state index in [1.54, 1.807) is 0 Å². The van der Waals surface area contributed by atoms with Crippen LogP contribution in [0.4, 0.5) is 0 Å². The molecular weight excluding hydrogens is 256 g/mol. The SMILES string of the molecule is CCCCCCCCCC(=O)c1cccc(C(C)(C)C)c1. The van der Waals surface area contributed by atoms with E-state index in [0.29, 0.717) is 12.2 Å². The van der Waals surface area contributed by atoms with E-state index in [-0.39, 0.29) is 5.41 Å². The summed E-state index contributed by atoms with van der Waals surface area (Å²) in [5, 5.41) is 0. The van der Waals surface area contributed by atoms with E-state index in [1.807, 2.05) is 12.1 Å². The Hall–Kier alpha value is -1.11. The molecule has 1 aromatic rings. The van der Waals surface area contributed by atoms with Gasteiger partial charge >= 0.3 is 0 Å². The second kappa shape index (κ2) is 9.02. The molecule has 0 heterocycles. The molecule has 0 radical (unpaired) electrons. The average Bonchev–Trinajstić information content (AvgIpc) is 2.45. The zero-order valence-electron chi connectivity index (χ0n) is 14.4. The molecule has 0 aliphatic rings. The molecule has 21 heavy (non-hydrogen) atoms. The van der Waals surface area contributed by atoms with Gasteiger partial charge in [-0.05, 0) is 23.5 Å². The molecule has 1 nitrogen and oxygen atoms in total. The minimum Gasteiger partial charge on any atom is -0.294 e. The van der Waals surface area contributed by atoms with Crippen molar-refractivity contribution in [3.8, 4) is 0 Å². The van der Waals surface area contributed by atoms with Crippen molar-refractivity contribution in [3.63, 3.8) is 0 Å². The first-order valence-corrected chi connectivity index (χ1v) is 8.59. The van der Waals surface area contributed by atoms with Crippen molar-refractivity contribution >= 4 is 5.78 Å². The fourth-order valence-corrected chi connectivity index (χ4v) is 2.55. The first kappa shape index (κ1) is 17.9. The molecule has 0 spiro atoms. The van der Waals surface area contributed by atoms with Crippen LogP contribution in [0.1, 0.15) is 95.0 Å². The first-order chi connectivity index (χ1) is 9.95. The molecule has 0 fully saturated rings. The third kappa shape index (κ3) is 6.93. The molecule has 118 valence electrons. The van der Waals surface area contributed by atoms with E-state index in [1.165, 1.54) is 44.1 Å². The van der Waals surface area contributed by atoms with Crippen molar-refractivity contribution in [2.24, 2.45) is 0 Å². The molecule has 1 rings (SSSR count).